The van der Waals surface area contributed by atoms with Crippen molar-refractivity contribution < 1.29 is 5.11 Å². The van der Waals surface area contributed by atoms with Crippen LogP contribution in [-0.2, 0) is 12.0 Å². The fourth-order valence-electron chi connectivity index (χ4n) is 2.78. The average molecular weight is 316 g/mol. The third-order valence-electron chi connectivity index (χ3n) is 4.04. The molecule has 1 aromatic heterocycles. The topological polar surface area (TPSA) is 76.9 Å². The second kappa shape index (κ2) is 6.53. The summed E-state index contributed by atoms with van der Waals surface area (Å²) in [6.07, 6.45) is 0.196. The first-order valence-electron chi connectivity index (χ1n) is 7.59. The molecule has 4 heteroatoms. The summed E-state index contributed by atoms with van der Waals surface area (Å²) < 4.78 is 0. The molecule has 0 spiro atoms. The van der Waals surface area contributed by atoms with Gasteiger partial charge in [-0.3, -0.25) is 4.79 Å². The highest BCUT2D eigenvalue weighted by Crippen LogP contribution is 2.32. The first-order chi connectivity index (χ1) is 11.6. The van der Waals surface area contributed by atoms with E-state index in [0.29, 0.717) is 5.69 Å². The number of nitriles is 1. The van der Waals surface area contributed by atoms with Crippen molar-refractivity contribution in [2.24, 2.45) is 0 Å². The molecule has 3 aromatic rings. The highest BCUT2D eigenvalue weighted by atomic mass is 16.3. The zero-order valence-electron chi connectivity index (χ0n) is 12.9. The molecule has 0 aliphatic heterocycles. The summed E-state index contributed by atoms with van der Waals surface area (Å²) in [5.74, 6) is 0. The van der Waals surface area contributed by atoms with Gasteiger partial charge in [0.25, 0.3) is 5.56 Å². The van der Waals surface area contributed by atoms with Gasteiger partial charge in [-0.15, -0.1) is 0 Å². The highest BCUT2D eigenvalue weighted by Gasteiger charge is 2.32. The normalized spacial score (nSPS) is 11.0. The van der Waals surface area contributed by atoms with Crippen LogP contribution in [0.2, 0.25) is 0 Å². The predicted molar refractivity (Wildman–Crippen MR) is 91.4 cm³/mol. The van der Waals surface area contributed by atoms with Gasteiger partial charge < -0.3 is 10.1 Å². The van der Waals surface area contributed by atoms with Crippen LogP contribution in [0.4, 0.5) is 0 Å². The fraction of sp³-hybridized carbons (Fsp3) is 0.100. The Morgan fingerprint density at radius 1 is 0.917 bits per heavy atom. The van der Waals surface area contributed by atoms with Gasteiger partial charge in [0.15, 0.2) is 0 Å². The molecule has 2 N–H and O–H groups in total. The number of aromatic nitrogens is 1. The number of rotatable bonds is 4. The quantitative estimate of drug-likeness (QED) is 0.777. The van der Waals surface area contributed by atoms with Crippen molar-refractivity contribution in [3.05, 3.63) is 106 Å². The van der Waals surface area contributed by atoms with Crippen LogP contribution in [0.15, 0.2) is 77.6 Å². The van der Waals surface area contributed by atoms with Crippen LogP contribution in [-0.4, -0.2) is 10.1 Å². The summed E-state index contributed by atoms with van der Waals surface area (Å²) >= 11 is 0. The maximum Gasteiger partial charge on any atom is 0.266 e. The summed E-state index contributed by atoms with van der Waals surface area (Å²) in [5.41, 5.74) is 0.372. The lowest BCUT2D eigenvalue weighted by Crippen LogP contribution is -2.31. The molecule has 0 aliphatic rings. The van der Waals surface area contributed by atoms with Crippen LogP contribution in [0.25, 0.3) is 0 Å². The van der Waals surface area contributed by atoms with Crippen LogP contribution >= 0.6 is 0 Å². The van der Waals surface area contributed by atoms with E-state index < -0.39 is 11.2 Å². The maximum atomic E-state index is 11.9. The minimum atomic E-state index is -1.28. The molecule has 0 saturated heterocycles. The summed E-state index contributed by atoms with van der Waals surface area (Å²) in [4.78, 5) is 14.6. The van der Waals surface area contributed by atoms with Crippen molar-refractivity contribution in [1.29, 1.82) is 5.26 Å². The van der Waals surface area contributed by atoms with E-state index in [0.717, 1.165) is 11.1 Å². The number of aliphatic hydroxyl groups is 1. The van der Waals surface area contributed by atoms with Gasteiger partial charge >= 0.3 is 0 Å². The predicted octanol–water partition coefficient (Wildman–Crippen LogP) is 2.73. The Balaban J connectivity index is 2.08. The summed E-state index contributed by atoms with van der Waals surface area (Å²) in [5, 5.41) is 20.3. The molecule has 1 heterocycles. The Morgan fingerprint density at radius 3 is 1.92 bits per heavy atom. The van der Waals surface area contributed by atoms with Crippen LogP contribution in [0.1, 0.15) is 22.4 Å². The number of hydrogen-bond donors (Lipinski definition) is 2. The SMILES string of the molecule is N#Cc1ccc(CC(O)(c2ccccc2)c2ccccc2)[nH]c1=O. The molecule has 0 saturated carbocycles. The Morgan fingerprint density at radius 2 is 1.46 bits per heavy atom. The van der Waals surface area contributed by atoms with Crippen LogP contribution in [0, 0.1) is 11.3 Å². The van der Waals surface area contributed by atoms with Gasteiger partial charge in [-0.1, -0.05) is 60.7 Å². The van der Waals surface area contributed by atoms with E-state index in [-0.39, 0.29) is 12.0 Å². The van der Waals surface area contributed by atoms with E-state index in [2.05, 4.69) is 4.98 Å². The van der Waals surface area contributed by atoms with E-state index >= 15 is 0 Å². The van der Waals surface area contributed by atoms with Gasteiger partial charge in [-0.25, -0.2) is 0 Å². The zero-order valence-corrected chi connectivity index (χ0v) is 12.9. The van der Waals surface area contributed by atoms with Gasteiger partial charge in [-0.05, 0) is 23.3 Å². The van der Waals surface area contributed by atoms with Gasteiger partial charge in [-0.2, -0.15) is 5.26 Å². The van der Waals surface area contributed by atoms with E-state index in [1.807, 2.05) is 66.7 Å². The lowest BCUT2D eigenvalue weighted by Gasteiger charge is -2.29. The van der Waals surface area contributed by atoms with Gasteiger partial charge in [0.1, 0.15) is 17.2 Å². The molecule has 0 unspecified atom stereocenters. The first-order valence-corrected chi connectivity index (χ1v) is 7.59. The van der Waals surface area contributed by atoms with Crippen molar-refractivity contribution in [3.63, 3.8) is 0 Å². The van der Waals surface area contributed by atoms with Crippen molar-refractivity contribution in [3.8, 4) is 6.07 Å². The van der Waals surface area contributed by atoms with Crippen molar-refractivity contribution in [2.45, 2.75) is 12.0 Å². The Labute approximate surface area is 139 Å². The number of aromatic amines is 1. The number of pyridine rings is 1. The third-order valence-corrected chi connectivity index (χ3v) is 4.04. The minimum Gasteiger partial charge on any atom is -0.380 e. The second-order valence-corrected chi connectivity index (χ2v) is 5.61. The molecule has 0 atom stereocenters. The molecule has 0 fully saturated rings. The molecule has 0 amide bonds. The van der Waals surface area contributed by atoms with Crippen molar-refractivity contribution in [1.82, 2.24) is 4.98 Å². The lowest BCUT2D eigenvalue weighted by molar-refractivity contribution is 0.0800. The summed E-state index contributed by atoms with van der Waals surface area (Å²) in [6, 6.07) is 23.6. The second-order valence-electron chi connectivity index (χ2n) is 5.61. The number of nitrogens with one attached hydrogen (secondary N) is 1. The van der Waals surface area contributed by atoms with Crippen molar-refractivity contribution >= 4 is 0 Å². The molecule has 0 bridgehead atoms. The van der Waals surface area contributed by atoms with E-state index in [9.17, 15) is 9.90 Å². The van der Waals surface area contributed by atoms with Gasteiger partial charge in [0.05, 0.1) is 0 Å². The number of hydrogen-bond acceptors (Lipinski definition) is 3. The standard InChI is InChI=1S/C20H16N2O2/c21-14-15-11-12-18(22-19(15)23)13-20(24,16-7-3-1-4-8-16)17-9-5-2-6-10-17/h1-12,24H,13H2,(H,22,23). The minimum absolute atomic E-state index is 0.0571. The zero-order chi connectivity index (χ0) is 17.0. The van der Waals surface area contributed by atoms with E-state index in [1.165, 1.54) is 6.07 Å². The number of nitrogens with zero attached hydrogens (tertiary/aromatic N) is 1. The Hall–Kier alpha value is -3.16. The third kappa shape index (κ3) is 2.98. The molecule has 3 rings (SSSR count). The number of benzene rings is 2. The molecule has 24 heavy (non-hydrogen) atoms. The van der Waals surface area contributed by atoms with E-state index in [1.54, 1.807) is 6.07 Å². The molecular weight excluding hydrogens is 300 g/mol. The van der Waals surface area contributed by atoms with Gasteiger partial charge in [0, 0.05) is 12.1 Å². The average Bonchev–Trinajstić information content (AvgIpc) is 2.63. The fourth-order valence-corrected chi connectivity index (χ4v) is 2.78. The molecule has 118 valence electrons. The van der Waals surface area contributed by atoms with Crippen molar-refractivity contribution in [2.75, 3.05) is 0 Å². The molecular formula is C20H16N2O2. The summed E-state index contributed by atoms with van der Waals surface area (Å²) in [7, 11) is 0. The maximum absolute atomic E-state index is 11.9. The molecule has 0 radical (unpaired) electrons. The largest absolute Gasteiger partial charge is 0.380 e. The number of H-pyrrole nitrogens is 1. The van der Waals surface area contributed by atoms with Crippen LogP contribution in [0.3, 0.4) is 0 Å². The van der Waals surface area contributed by atoms with Crippen LogP contribution < -0.4 is 5.56 Å². The molecule has 2 aromatic carbocycles. The smallest absolute Gasteiger partial charge is 0.266 e. The Bertz CT molecular complexity index is 886. The monoisotopic (exact) mass is 316 g/mol. The highest BCUT2D eigenvalue weighted by molar-refractivity contribution is 5.38. The first kappa shape index (κ1) is 15.7. The summed E-state index contributed by atoms with van der Waals surface area (Å²) in [6.45, 7) is 0. The lowest BCUT2D eigenvalue weighted by atomic mass is 9.82. The molecule has 4 nitrogen and oxygen atoms in total. The Kier molecular flexibility index (Phi) is 4.28. The van der Waals surface area contributed by atoms with Gasteiger partial charge in [0.2, 0.25) is 0 Å². The van der Waals surface area contributed by atoms with E-state index in [4.69, 9.17) is 5.26 Å². The molecule has 0 aliphatic carbocycles. The van der Waals surface area contributed by atoms with Crippen LogP contribution in [0.5, 0.6) is 0 Å².